The van der Waals surface area contributed by atoms with Gasteiger partial charge >= 0.3 is 0 Å². The quantitative estimate of drug-likeness (QED) is 0.341. The highest BCUT2D eigenvalue weighted by Gasteiger charge is 2.25. The molecule has 2 aromatic rings. The van der Waals surface area contributed by atoms with Crippen molar-refractivity contribution in [2.45, 2.75) is 32.7 Å². The summed E-state index contributed by atoms with van der Waals surface area (Å²) in [6, 6.07) is 12.7. The Labute approximate surface area is 191 Å². The van der Waals surface area contributed by atoms with Crippen LogP contribution in [0.4, 0.5) is 5.69 Å². The van der Waals surface area contributed by atoms with Gasteiger partial charge in [0.1, 0.15) is 5.75 Å². The zero-order chi connectivity index (χ0) is 19.8. The van der Waals surface area contributed by atoms with Gasteiger partial charge in [0.2, 0.25) is 0 Å². The zero-order valence-corrected chi connectivity index (χ0v) is 19.8. The van der Waals surface area contributed by atoms with Crippen LogP contribution in [0.2, 0.25) is 0 Å². The SMILES string of the molecule is CCNC(=NCCc1ccc(C)nc1)NC1CCN(c2ccccc2OC)C1.I. The van der Waals surface area contributed by atoms with Crippen molar-refractivity contribution in [3.05, 3.63) is 53.9 Å². The molecule has 0 spiro atoms. The van der Waals surface area contributed by atoms with E-state index in [9.17, 15) is 0 Å². The third-order valence-electron chi connectivity index (χ3n) is 4.94. The Balaban J connectivity index is 0.00000300. The Bertz CT molecular complexity index is 781. The van der Waals surface area contributed by atoms with Crippen LogP contribution >= 0.6 is 24.0 Å². The van der Waals surface area contributed by atoms with Crippen LogP contribution in [0.1, 0.15) is 24.6 Å². The summed E-state index contributed by atoms with van der Waals surface area (Å²) < 4.78 is 5.51. The number of pyridine rings is 1. The summed E-state index contributed by atoms with van der Waals surface area (Å²) in [4.78, 5) is 11.5. The number of aromatic nitrogens is 1. The van der Waals surface area contributed by atoms with Gasteiger partial charge in [-0.15, -0.1) is 24.0 Å². The maximum Gasteiger partial charge on any atom is 0.191 e. The van der Waals surface area contributed by atoms with E-state index in [0.717, 1.165) is 62.1 Å². The molecule has 2 heterocycles. The van der Waals surface area contributed by atoms with Crippen LogP contribution in [0.15, 0.2) is 47.6 Å². The van der Waals surface area contributed by atoms with Crippen LogP contribution in [0, 0.1) is 6.92 Å². The molecule has 7 heteroatoms. The van der Waals surface area contributed by atoms with Crippen molar-refractivity contribution in [2.24, 2.45) is 4.99 Å². The van der Waals surface area contributed by atoms with Crippen LogP contribution in [-0.4, -0.2) is 50.3 Å². The molecule has 1 saturated heterocycles. The molecule has 1 unspecified atom stereocenters. The molecule has 2 N–H and O–H groups in total. The lowest BCUT2D eigenvalue weighted by molar-refractivity contribution is 0.415. The van der Waals surface area contributed by atoms with E-state index in [1.165, 1.54) is 5.56 Å². The predicted molar refractivity (Wildman–Crippen MR) is 131 cm³/mol. The van der Waals surface area contributed by atoms with Gasteiger partial charge in [0, 0.05) is 44.1 Å². The summed E-state index contributed by atoms with van der Waals surface area (Å²) in [7, 11) is 1.73. The summed E-state index contributed by atoms with van der Waals surface area (Å²) >= 11 is 0. The zero-order valence-electron chi connectivity index (χ0n) is 17.5. The molecule has 0 amide bonds. The van der Waals surface area contributed by atoms with Crippen molar-refractivity contribution in [3.63, 3.8) is 0 Å². The molecule has 1 aliphatic rings. The highest BCUT2D eigenvalue weighted by atomic mass is 127. The van der Waals surface area contributed by atoms with Crippen LogP contribution in [0.25, 0.3) is 0 Å². The summed E-state index contributed by atoms with van der Waals surface area (Å²) in [5.41, 5.74) is 3.42. The summed E-state index contributed by atoms with van der Waals surface area (Å²) in [5, 5.41) is 6.95. The minimum atomic E-state index is 0. The molecule has 3 rings (SSSR count). The molecule has 0 radical (unpaired) electrons. The van der Waals surface area contributed by atoms with Gasteiger partial charge in [-0.25, -0.2) is 0 Å². The lowest BCUT2D eigenvalue weighted by Crippen LogP contribution is -2.44. The lowest BCUT2D eigenvalue weighted by atomic mass is 10.2. The Hall–Kier alpha value is -2.03. The number of aryl methyl sites for hydroxylation is 1. The van der Waals surface area contributed by atoms with Crippen LogP contribution in [-0.2, 0) is 6.42 Å². The van der Waals surface area contributed by atoms with Crippen molar-refractivity contribution >= 4 is 35.6 Å². The smallest absolute Gasteiger partial charge is 0.191 e. The lowest BCUT2D eigenvalue weighted by Gasteiger charge is -2.22. The second-order valence-electron chi connectivity index (χ2n) is 7.07. The van der Waals surface area contributed by atoms with Gasteiger partial charge in [-0.2, -0.15) is 0 Å². The van der Waals surface area contributed by atoms with Gasteiger partial charge in [-0.3, -0.25) is 9.98 Å². The van der Waals surface area contributed by atoms with E-state index in [1.54, 1.807) is 7.11 Å². The van der Waals surface area contributed by atoms with Gasteiger partial charge in [-0.1, -0.05) is 18.2 Å². The van der Waals surface area contributed by atoms with E-state index in [2.05, 4.69) is 45.6 Å². The summed E-state index contributed by atoms with van der Waals surface area (Å²) in [6.07, 6.45) is 3.90. The molecule has 1 atom stereocenters. The van der Waals surface area contributed by atoms with Crippen LogP contribution in [0.3, 0.4) is 0 Å². The summed E-state index contributed by atoms with van der Waals surface area (Å²) in [5.74, 6) is 1.81. The van der Waals surface area contributed by atoms with E-state index in [4.69, 9.17) is 9.73 Å². The molecule has 158 valence electrons. The minimum absolute atomic E-state index is 0. The molecule has 0 bridgehead atoms. The largest absolute Gasteiger partial charge is 0.495 e. The molecular weight excluding hydrogens is 477 g/mol. The highest BCUT2D eigenvalue weighted by Crippen LogP contribution is 2.30. The van der Waals surface area contributed by atoms with Gasteiger partial charge in [-0.05, 0) is 50.5 Å². The first-order valence-corrected chi connectivity index (χ1v) is 10.0. The van der Waals surface area contributed by atoms with Crippen molar-refractivity contribution in [1.82, 2.24) is 15.6 Å². The van der Waals surface area contributed by atoms with E-state index in [0.29, 0.717) is 6.04 Å². The van der Waals surface area contributed by atoms with Crippen molar-refractivity contribution in [2.75, 3.05) is 38.2 Å². The van der Waals surface area contributed by atoms with Gasteiger partial charge in [0.05, 0.1) is 12.8 Å². The van der Waals surface area contributed by atoms with Gasteiger partial charge in [0.15, 0.2) is 5.96 Å². The molecule has 29 heavy (non-hydrogen) atoms. The Kier molecular flexibility index (Phi) is 9.50. The average Bonchev–Trinajstić information content (AvgIpc) is 3.18. The molecule has 1 aromatic heterocycles. The van der Waals surface area contributed by atoms with Crippen molar-refractivity contribution < 1.29 is 4.74 Å². The molecular formula is C22H32IN5O. The number of anilines is 1. The Morgan fingerprint density at radius 3 is 2.83 bits per heavy atom. The van der Waals surface area contributed by atoms with E-state index < -0.39 is 0 Å². The number of halogens is 1. The molecule has 1 aliphatic heterocycles. The number of ether oxygens (including phenoxy) is 1. The van der Waals surface area contributed by atoms with Crippen LogP contribution < -0.4 is 20.3 Å². The fraction of sp³-hybridized carbons (Fsp3) is 0.455. The highest BCUT2D eigenvalue weighted by molar-refractivity contribution is 14.0. The molecule has 0 aliphatic carbocycles. The van der Waals surface area contributed by atoms with Gasteiger partial charge < -0.3 is 20.3 Å². The standard InChI is InChI=1S/C22H31N5O.HI/c1-4-23-22(24-13-11-18-10-9-17(2)25-15-18)26-19-12-14-27(16-19)20-7-5-6-8-21(20)28-3;/h5-10,15,19H,4,11-14,16H2,1-3H3,(H2,23,24,26);1H. The topological polar surface area (TPSA) is 61.8 Å². The maximum atomic E-state index is 5.51. The van der Waals surface area contributed by atoms with E-state index in [1.807, 2.05) is 31.3 Å². The molecule has 6 nitrogen and oxygen atoms in total. The number of hydrogen-bond donors (Lipinski definition) is 2. The van der Waals surface area contributed by atoms with Crippen molar-refractivity contribution in [3.8, 4) is 5.75 Å². The van der Waals surface area contributed by atoms with Gasteiger partial charge in [0.25, 0.3) is 0 Å². The number of nitrogens with one attached hydrogen (secondary N) is 2. The maximum absolute atomic E-state index is 5.51. The first-order chi connectivity index (χ1) is 13.7. The summed E-state index contributed by atoms with van der Waals surface area (Å²) in [6.45, 7) is 7.63. The third-order valence-corrected chi connectivity index (χ3v) is 4.94. The second kappa shape index (κ2) is 11.8. The average molecular weight is 509 g/mol. The Morgan fingerprint density at radius 1 is 1.28 bits per heavy atom. The molecule has 1 fully saturated rings. The van der Waals surface area contributed by atoms with Crippen molar-refractivity contribution in [1.29, 1.82) is 0 Å². The fourth-order valence-electron chi connectivity index (χ4n) is 3.44. The number of para-hydroxylation sites is 2. The van der Waals surface area contributed by atoms with E-state index in [-0.39, 0.29) is 24.0 Å². The number of benzene rings is 1. The number of hydrogen-bond acceptors (Lipinski definition) is 4. The minimum Gasteiger partial charge on any atom is -0.495 e. The second-order valence-corrected chi connectivity index (χ2v) is 7.07. The first-order valence-electron chi connectivity index (χ1n) is 10.0. The van der Waals surface area contributed by atoms with Crippen LogP contribution in [0.5, 0.6) is 5.75 Å². The monoisotopic (exact) mass is 509 g/mol. The molecule has 1 aromatic carbocycles. The van der Waals surface area contributed by atoms with E-state index >= 15 is 0 Å². The predicted octanol–water partition coefficient (Wildman–Crippen LogP) is 3.39. The number of aliphatic imine (C=N–C) groups is 1. The third kappa shape index (κ3) is 6.76. The Morgan fingerprint density at radius 2 is 2.10 bits per heavy atom. The number of rotatable bonds is 7. The fourth-order valence-corrected chi connectivity index (χ4v) is 3.44. The number of methoxy groups -OCH3 is 1. The first kappa shape index (κ1) is 23.3. The number of nitrogens with zero attached hydrogens (tertiary/aromatic N) is 3. The number of guanidine groups is 1. The normalized spacial score (nSPS) is 16.3. The molecule has 0 saturated carbocycles.